The van der Waals surface area contributed by atoms with Gasteiger partial charge in [0.05, 0.1) is 0 Å². The van der Waals surface area contributed by atoms with E-state index in [2.05, 4.69) is 19.1 Å². The SMILES string of the molecule is CC1=CCC(=S)C(c2ccccc2N)=C1. The van der Waals surface area contributed by atoms with Gasteiger partial charge in [-0.1, -0.05) is 48.1 Å². The van der Waals surface area contributed by atoms with Crippen LogP contribution >= 0.6 is 12.2 Å². The number of hydrogen-bond donors (Lipinski definition) is 1. The van der Waals surface area contributed by atoms with Gasteiger partial charge in [-0.05, 0) is 18.6 Å². The molecule has 1 nitrogen and oxygen atoms in total. The summed E-state index contributed by atoms with van der Waals surface area (Å²) in [5, 5.41) is 0. The predicted molar refractivity (Wildman–Crippen MR) is 69.8 cm³/mol. The Morgan fingerprint density at radius 1 is 1.27 bits per heavy atom. The Morgan fingerprint density at radius 3 is 2.73 bits per heavy atom. The molecule has 0 saturated heterocycles. The van der Waals surface area contributed by atoms with Crippen LogP contribution in [0.5, 0.6) is 0 Å². The van der Waals surface area contributed by atoms with E-state index >= 15 is 0 Å². The second-order valence-electron chi connectivity index (χ2n) is 3.72. The summed E-state index contributed by atoms with van der Waals surface area (Å²) in [7, 11) is 0. The van der Waals surface area contributed by atoms with Crippen molar-refractivity contribution in [3.05, 3.63) is 47.6 Å². The van der Waals surface area contributed by atoms with Crippen molar-refractivity contribution in [1.82, 2.24) is 0 Å². The van der Waals surface area contributed by atoms with Gasteiger partial charge in [0, 0.05) is 22.5 Å². The molecule has 0 bridgehead atoms. The topological polar surface area (TPSA) is 26.0 Å². The van der Waals surface area contributed by atoms with Crippen LogP contribution < -0.4 is 5.73 Å². The number of allylic oxidation sites excluding steroid dienone is 4. The maximum atomic E-state index is 5.94. The van der Waals surface area contributed by atoms with E-state index in [-0.39, 0.29) is 0 Å². The fraction of sp³-hybridized carbons (Fsp3) is 0.154. The van der Waals surface area contributed by atoms with E-state index in [0.717, 1.165) is 28.1 Å². The third kappa shape index (κ3) is 2.00. The van der Waals surface area contributed by atoms with Crippen LogP contribution in [0.2, 0.25) is 0 Å². The second-order valence-corrected chi connectivity index (χ2v) is 4.21. The van der Waals surface area contributed by atoms with Crippen LogP contribution in [-0.4, -0.2) is 4.86 Å². The summed E-state index contributed by atoms with van der Waals surface area (Å²) in [4.78, 5) is 0.971. The minimum absolute atomic E-state index is 0.792. The molecule has 1 aliphatic rings. The molecule has 2 N–H and O–H groups in total. The number of nitrogen functional groups attached to an aromatic ring is 1. The quantitative estimate of drug-likeness (QED) is 0.574. The highest BCUT2D eigenvalue weighted by Crippen LogP contribution is 2.28. The van der Waals surface area contributed by atoms with Crippen molar-refractivity contribution in [1.29, 1.82) is 0 Å². The Bertz CT molecular complexity index is 469. The summed E-state index contributed by atoms with van der Waals surface area (Å²) in [6.45, 7) is 2.08. The summed E-state index contributed by atoms with van der Waals surface area (Å²) in [5.41, 5.74) is 10.1. The van der Waals surface area contributed by atoms with E-state index in [4.69, 9.17) is 18.0 Å². The smallest absolute Gasteiger partial charge is 0.0394 e. The number of anilines is 1. The number of para-hydroxylation sites is 1. The van der Waals surface area contributed by atoms with Crippen molar-refractivity contribution in [2.24, 2.45) is 0 Å². The Morgan fingerprint density at radius 2 is 2.00 bits per heavy atom. The van der Waals surface area contributed by atoms with Gasteiger partial charge in [0.15, 0.2) is 0 Å². The van der Waals surface area contributed by atoms with Gasteiger partial charge in [0.1, 0.15) is 0 Å². The Labute approximate surface area is 95.3 Å². The zero-order valence-electron chi connectivity index (χ0n) is 8.66. The first kappa shape index (κ1) is 10.1. The molecule has 0 radical (unpaired) electrons. The molecule has 0 saturated carbocycles. The largest absolute Gasteiger partial charge is 0.398 e. The minimum Gasteiger partial charge on any atom is -0.398 e. The van der Waals surface area contributed by atoms with Crippen LogP contribution in [0, 0.1) is 0 Å². The maximum Gasteiger partial charge on any atom is 0.0394 e. The molecule has 1 aromatic carbocycles. The van der Waals surface area contributed by atoms with Crippen molar-refractivity contribution >= 4 is 28.3 Å². The molecular formula is C13H13NS. The van der Waals surface area contributed by atoms with Gasteiger partial charge in [-0.2, -0.15) is 0 Å². The van der Waals surface area contributed by atoms with Gasteiger partial charge >= 0.3 is 0 Å². The zero-order valence-corrected chi connectivity index (χ0v) is 9.47. The van der Waals surface area contributed by atoms with Crippen LogP contribution in [0.15, 0.2) is 42.0 Å². The molecule has 15 heavy (non-hydrogen) atoms. The fourth-order valence-corrected chi connectivity index (χ4v) is 1.95. The van der Waals surface area contributed by atoms with E-state index < -0.39 is 0 Å². The van der Waals surface area contributed by atoms with Gasteiger partial charge in [0.2, 0.25) is 0 Å². The Hall–Kier alpha value is -1.41. The Balaban J connectivity index is 2.51. The van der Waals surface area contributed by atoms with Gasteiger partial charge in [0.25, 0.3) is 0 Å². The lowest BCUT2D eigenvalue weighted by Crippen LogP contribution is -2.04. The molecule has 0 aliphatic heterocycles. The van der Waals surface area contributed by atoms with Crippen LogP contribution in [0.1, 0.15) is 18.9 Å². The predicted octanol–water partition coefficient (Wildman–Crippen LogP) is 3.37. The van der Waals surface area contributed by atoms with E-state index in [1.54, 1.807) is 0 Å². The summed E-state index contributed by atoms with van der Waals surface area (Å²) >= 11 is 5.35. The van der Waals surface area contributed by atoms with Crippen molar-refractivity contribution in [3.63, 3.8) is 0 Å². The third-order valence-electron chi connectivity index (χ3n) is 2.53. The molecule has 0 amide bonds. The molecule has 0 heterocycles. The minimum atomic E-state index is 0.792. The second kappa shape index (κ2) is 3.99. The van der Waals surface area contributed by atoms with Crippen molar-refractivity contribution < 1.29 is 0 Å². The molecular weight excluding hydrogens is 202 g/mol. The van der Waals surface area contributed by atoms with Crippen molar-refractivity contribution in [2.75, 3.05) is 5.73 Å². The summed E-state index contributed by atoms with van der Waals surface area (Å²) in [6.07, 6.45) is 5.10. The first-order valence-electron chi connectivity index (χ1n) is 4.95. The summed E-state index contributed by atoms with van der Waals surface area (Å²) in [6, 6.07) is 7.86. The lowest BCUT2D eigenvalue weighted by Gasteiger charge is -2.15. The van der Waals surface area contributed by atoms with Crippen LogP contribution in [0.3, 0.4) is 0 Å². The number of rotatable bonds is 1. The third-order valence-corrected chi connectivity index (χ3v) is 2.92. The fourth-order valence-electron chi connectivity index (χ4n) is 1.70. The monoisotopic (exact) mass is 215 g/mol. The standard InChI is InChI=1S/C13H13NS/c1-9-6-7-13(15)11(8-9)10-4-2-3-5-12(10)14/h2-6,8H,7,14H2,1H3. The maximum absolute atomic E-state index is 5.94. The molecule has 0 spiro atoms. The first-order valence-corrected chi connectivity index (χ1v) is 5.36. The van der Waals surface area contributed by atoms with E-state index in [0.29, 0.717) is 0 Å². The number of thiocarbonyl (C=S) groups is 1. The van der Waals surface area contributed by atoms with Crippen LogP contribution in [0.25, 0.3) is 5.57 Å². The molecule has 76 valence electrons. The van der Waals surface area contributed by atoms with Crippen molar-refractivity contribution in [2.45, 2.75) is 13.3 Å². The highest BCUT2D eigenvalue weighted by atomic mass is 32.1. The van der Waals surface area contributed by atoms with Gasteiger partial charge < -0.3 is 5.73 Å². The molecule has 2 rings (SSSR count). The average molecular weight is 215 g/mol. The van der Waals surface area contributed by atoms with Gasteiger partial charge in [-0.25, -0.2) is 0 Å². The summed E-state index contributed by atoms with van der Waals surface area (Å²) < 4.78 is 0. The van der Waals surface area contributed by atoms with Gasteiger partial charge in [-0.15, -0.1) is 0 Å². The highest BCUT2D eigenvalue weighted by Gasteiger charge is 2.12. The zero-order chi connectivity index (χ0) is 10.8. The molecule has 0 atom stereocenters. The highest BCUT2D eigenvalue weighted by molar-refractivity contribution is 7.81. The molecule has 0 aromatic heterocycles. The molecule has 0 unspecified atom stereocenters. The number of benzene rings is 1. The van der Waals surface area contributed by atoms with E-state index in [1.165, 1.54) is 5.57 Å². The molecule has 1 aromatic rings. The average Bonchev–Trinajstić information content (AvgIpc) is 2.23. The lowest BCUT2D eigenvalue weighted by molar-refractivity contribution is 1.38. The van der Waals surface area contributed by atoms with Crippen LogP contribution in [0.4, 0.5) is 5.69 Å². The normalized spacial score (nSPS) is 15.9. The Kier molecular flexibility index (Phi) is 2.69. The summed E-state index contributed by atoms with van der Waals surface area (Å²) in [5.74, 6) is 0. The van der Waals surface area contributed by atoms with E-state index in [9.17, 15) is 0 Å². The van der Waals surface area contributed by atoms with E-state index in [1.807, 2.05) is 24.3 Å². The molecule has 2 heteroatoms. The van der Waals surface area contributed by atoms with Crippen LogP contribution in [-0.2, 0) is 0 Å². The molecule has 1 aliphatic carbocycles. The van der Waals surface area contributed by atoms with Crippen molar-refractivity contribution in [3.8, 4) is 0 Å². The molecule has 0 fully saturated rings. The lowest BCUT2D eigenvalue weighted by atomic mass is 9.93. The van der Waals surface area contributed by atoms with Gasteiger partial charge in [-0.3, -0.25) is 0 Å². The number of nitrogens with two attached hydrogens (primary N) is 1. The first-order chi connectivity index (χ1) is 7.18. The number of hydrogen-bond acceptors (Lipinski definition) is 2.